The maximum absolute atomic E-state index is 12.5. The van der Waals surface area contributed by atoms with E-state index in [9.17, 15) is 18.0 Å². The highest BCUT2D eigenvalue weighted by molar-refractivity contribution is 6.30. The molecule has 0 N–H and O–H groups in total. The molecule has 0 bridgehead atoms. The van der Waals surface area contributed by atoms with Crippen molar-refractivity contribution in [3.63, 3.8) is 0 Å². The van der Waals surface area contributed by atoms with Crippen LogP contribution in [-0.2, 0) is 6.18 Å². The third-order valence-electron chi connectivity index (χ3n) is 4.15. The predicted molar refractivity (Wildman–Crippen MR) is 90.2 cm³/mol. The number of pyridine rings is 1. The maximum Gasteiger partial charge on any atom is 0.433 e. The molecule has 2 aromatic rings. The van der Waals surface area contributed by atoms with Crippen molar-refractivity contribution in [1.29, 1.82) is 0 Å². The fourth-order valence-electron chi connectivity index (χ4n) is 2.75. The summed E-state index contributed by atoms with van der Waals surface area (Å²) in [5.74, 6) is 0.391. The van der Waals surface area contributed by atoms with Gasteiger partial charge in [0.05, 0.1) is 5.56 Å². The van der Waals surface area contributed by atoms with Gasteiger partial charge in [-0.1, -0.05) is 11.6 Å². The number of nitrogens with zero attached hydrogens (tertiary/aromatic N) is 2. The molecule has 1 aromatic carbocycles. The zero-order valence-corrected chi connectivity index (χ0v) is 14.4. The summed E-state index contributed by atoms with van der Waals surface area (Å²) in [6.07, 6.45) is -2.28. The van der Waals surface area contributed by atoms with Crippen LogP contribution >= 0.6 is 11.6 Å². The zero-order chi connectivity index (χ0) is 18.7. The molecule has 1 fully saturated rings. The smallest absolute Gasteiger partial charge is 0.433 e. The Balaban J connectivity index is 1.55. The van der Waals surface area contributed by atoms with E-state index in [-0.39, 0.29) is 17.6 Å². The minimum atomic E-state index is -4.51. The van der Waals surface area contributed by atoms with Gasteiger partial charge in [-0.05, 0) is 36.4 Å². The average Bonchev–Trinajstić information content (AvgIpc) is 2.63. The molecule has 1 amide bonds. The Morgan fingerprint density at radius 2 is 1.77 bits per heavy atom. The van der Waals surface area contributed by atoms with Gasteiger partial charge in [-0.2, -0.15) is 13.2 Å². The molecule has 4 nitrogen and oxygen atoms in total. The molecule has 0 atom stereocenters. The second-order valence-electron chi connectivity index (χ2n) is 5.99. The molecule has 1 aliphatic heterocycles. The number of likely N-dealkylation sites (tertiary alicyclic amines) is 1. The number of hydrogen-bond acceptors (Lipinski definition) is 3. The average molecular weight is 385 g/mol. The van der Waals surface area contributed by atoms with Crippen molar-refractivity contribution < 1.29 is 22.7 Å². The van der Waals surface area contributed by atoms with Crippen molar-refractivity contribution in [2.45, 2.75) is 25.1 Å². The second-order valence-corrected chi connectivity index (χ2v) is 6.43. The molecule has 0 unspecified atom stereocenters. The van der Waals surface area contributed by atoms with E-state index < -0.39 is 11.9 Å². The van der Waals surface area contributed by atoms with Gasteiger partial charge in [0.25, 0.3) is 5.91 Å². The number of rotatable bonds is 3. The number of hydrogen-bond donors (Lipinski definition) is 0. The van der Waals surface area contributed by atoms with Crippen LogP contribution in [0.15, 0.2) is 42.6 Å². The van der Waals surface area contributed by atoms with Crippen LogP contribution in [0.25, 0.3) is 0 Å². The summed E-state index contributed by atoms with van der Waals surface area (Å²) in [5.41, 5.74) is -0.862. The SMILES string of the molecule is O=C(c1ccc(C(F)(F)F)nc1)N1CCC(Oc2ccc(Cl)cc2)CC1. The van der Waals surface area contributed by atoms with Crippen molar-refractivity contribution in [2.24, 2.45) is 0 Å². The van der Waals surface area contributed by atoms with Gasteiger partial charge in [-0.25, -0.2) is 0 Å². The summed E-state index contributed by atoms with van der Waals surface area (Å²) >= 11 is 5.83. The Morgan fingerprint density at radius 3 is 2.31 bits per heavy atom. The van der Waals surface area contributed by atoms with E-state index in [2.05, 4.69) is 4.98 Å². The summed E-state index contributed by atoms with van der Waals surface area (Å²) in [7, 11) is 0. The van der Waals surface area contributed by atoms with E-state index >= 15 is 0 Å². The van der Waals surface area contributed by atoms with E-state index in [0.717, 1.165) is 18.3 Å². The number of aromatic nitrogens is 1. The van der Waals surface area contributed by atoms with Gasteiger partial charge in [0.15, 0.2) is 0 Å². The number of alkyl halides is 3. The molecule has 1 saturated heterocycles. The number of ether oxygens (including phenoxy) is 1. The van der Waals surface area contributed by atoms with Gasteiger partial charge in [-0.15, -0.1) is 0 Å². The Hall–Kier alpha value is -2.28. The minimum absolute atomic E-state index is 0.0223. The van der Waals surface area contributed by atoms with Crippen LogP contribution in [0.2, 0.25) is 5.02 Å². The molecule has 26 heavy (non-hydrogen) atoms. The largest absolute Gasteiger partial charge is 0.490 e. The van der Waals surface area contributed by atoms with Crippen LogP contribution in [0.5, 0.6) is 5.75 Å². The molecule has 8 heteroatoms. The topological polar surface area (TPSA) is 42.4 Å². The van der Waals surface area contributed by atoms with Crippen molar-refractivity contribution >= 4 is 17.5 Å². The van der Waals surface area contributed by atoms with Crippen molar-refractivity contribution in [3.05, 3.63) is 58.9 Å². The highest BCUT2D eigenvalue weighted by Crippen LogP contribution is 2.27. The van der Waals surface area contributed by atoms with Crippen molar-refractivity contribution in [1.82, 2.24) is 9.88 Å². The van der Waals surface area contributed by atoms with Crippen LogP contribution in [0.3, 0.4) is 0 Å². The Bertz CT molecular complexity index is 756. The molecule has 0 aliphatic carbocycles. The highest BCUT2D eigenvalue weighted by atomic mass is 35.5. The number of carbonyl (C=O) groups excluding carboxylic acids is 1. The lowest BCUT2D eigenvalue weighted by atomic mass is 10.1. The molecule has 1 aromatic heterocycles. The first kappa shape index (κ1) is 18.5. The quantitative estimate of drug-likeness (QED) is 0.785. The zero-order valence-electron chi connectivity index (χ0n) is 13.7. The van der Waals surface area contributed by atoms with Gasteiger partial charge >= 0.3 is 6.18 Å². The standard InChI is InChI=1S/C18H16ClF3N2O2/c19-13-2-4-14(5-3-13)26-15-7-9-24(10-8-15)17(25)12-1-6-16(23-11-12)18(20,21)22/h1-6,11,15H,7-10H2. The lowest BCUT2D eigenvalue weighted by molar-refractivity contribution is -0.141. The van der Waals surface area contributed by atoms with Gasteiger partial charge in [-0.3, -0.25) is 9.78 Å². The highest BCUT2D eigenvalue weighted by Gasteiger charge is 2.32. The summed E-state index contributed by atoms with van der Waals surface area (Å²) in [5, 5.41) is 0.628. The lowest BCUT2D eigenvalue weighted by Gasteiger charge is -2.32. The molecule has 138 valence electrons. The summed E-state index contributed by atoms with van der Waals surface area (Å²) in [6, 6.07) is 9.04. The summed E-state index contributed by atoms with van der Waals surface area (Å²) in [6.45, 7) is 0.941. The van der Waals surface area contributed by atoms with Crippen LogP contribution < -0.4 is 4.74 Å². The van der Waals surface area contributed by atoms with E-state index in [4.69, 9.17) is 16.3 Å². The third-order valence-corrected chi connectivity index (χ3v) is 4.40. The Morgan fingerprint density at radius 1 is 1.12 bits per heavy atom. The van der Waals surface area contributed by atoms with Crippen LogP contribution in [0, 0.1) is 0 Å². The van der Waals surface area contributed by atoms with E-state index in [1.54, 1.807) is 29.2 Å². The van der Waals surface area contributed by atoms with Crippen molar-refractivity contribution in [3.8, 4) is 5.75 Å². The van der Waals surface area contributed by atoms with Gasteiger partial charge in [0.2, 0.25) is 0 Å². The molecule has 1 aliphatic rings. The van der Waals surface area contributed by atoms with E-state index in [1.807, 2.05) is 0 Å². The number of amides is 1. The second kappa shape index (κ2) is 7.53. The van der Waals surface area contributed by atoms with Gasteiger partial charge < -0.3 is 9.64 Å². The Labute approximate surface area is 153 Å². The first-order chi connectivity index (χ1) is 12.3. The number of benzene rings is 1. The molecule has 2 heterocycles. The van der Waals surface area contributed by atoms with Crippen LogP contribution in [-0.4, -0.2) is 35.0 Å². The lowest BCUT2D eigenvalue weighted by Crippen LogP contribution is -2.41. The molecule has 0 radical (unpaired) electrons. The monoisotopic (exact) mass is 384 g/mol. The molecule has 0 saturated carbocycles. The number of halogens is 4. The van der Waals surface area contributed by atoms with Crippen molar-refractivity contribution in [2.75, 3.05) is 13.1 Å². The molecular weight excluding hydrogens is 369 g/mol. The number of piperidine rings is 1. The summed E-state index contributed by atoms with van der Waals surface area (Å²) < 4.78 is 43.5. The fraction of sp³-hybridized carbons (Fsp3) is 0.333. The molecule has 3 rings (SSSR count). The first-order valence-corrected chi connectivity index (χ1v) is 8.45. The fourth-order valence-corrected chi connectivity index (χ4v) is 2.88. The third kappa shape index (κ3) is 4.46. The number of carbonyl (C=O) groups is 1. The normalized spacial score (nSPS) is 15.8. The maximum atomic E-state index is 12.5. The molecular formula is C18H16ClF3N2O2. The summed E-state index contributed by atoms with van der Waals surface area (Å²) in [4.78, 5) is 17.4. The molecule has 0 spiro atoms. The minimum Gasteiger partial charge on any atom is -0.490 e. The van der Waals surface area contributed by atoms with Gasteiger partial charge in [0.1, 0.15) is 17.5 Å². The predicted octanol–water partition coefficient (Wildman–Crippen LogP) is 4.44. The van der Waals surface area contributed by atoms with Gasteiger partial charge in [0, 0.05) is 37.2 Å². The van der Waals surface area contributed by atoms with E-state index in [1.165, 1.54) is 0 Å². The van der Waals surface area contributed by atoms with E-state index in [0.29, 0.717) is 36.7 Å². The van der Waals surface area contributed by atoms with Crippen LogP contribution in [0.1, 0.15) is 28.9 Å². The first-order valence-electron chi connectivity index (χ1n) is 8.07. The Kier molecular flexibility index (Phi) is 5.36. The van der Waals surface area contributed by atoms with Crippen LogP contribution in [0.4, 0.5) is 13.2 Å².